The summed E-state index contributed by atoms with van der Waals surface area (Å²) in [6, 6.07) is 4.61. The van der Waals surface area contributed by atoms with Gasteiger partial charge in [0.15, 0.2) is 4.96 Å². The van der Waals surface area contributed by atoms with Crippen LogP contribution >= 0.6 is 22.9 Å². The van der Waals surface area contributed by atoms with Gasteiger partial charge in [-0.25, -0.2) is 4.39 Å². The summed E-state index contributed by atoms with van der Waals surface area (Å²) in [5.41, 5.74) is 1.54. The largest absolute Gasteiger partial charge is 0.480 e. The van der Waals surface area contributed by atoms with Gasteiger partial charge < -0.3 is 10.1 Å². The van der Waals surface area contributed by atoms with E-state index < -0.39 is 5.82 Å². The zero-order valence-electron chi connectivity index (χ0n) is 10.6. The van der Waals surface area contributed by atoms with Gasteiger partial charge in [-0.2, -0.15) is 4.98 Å². The first-order chi connectivity index (χ1) is 9.69. The first-order valence-electron chi connectivity index (χ1n) is 5.86. The van der Waals surface area contributed by atoms with E-state index in [9.17, 15) is 4.39 Å². The molecule has 3 rings (SSSR count). The number of aromatic nitrogens is 2. The van der Waals surface area contributed by atoms with Gasteiger partial charge in [-0.1, -0.05) is 11.6 Å². The summed E-state index contributed by atoms with van der Waals surface area (Å²) in [5, 5.41) is 5.20. The second-order valence-corrected chi connectivity index (χ2v) is 5.39. The van der Waals surface area contributed by atoms with E-state index in [1.165, 1.54) is 23.5 Å². The molecule has 104 valence electrons. The molecule has 0 fully saturated rings. The van der Waals surface area contributed by atoms with Crippen LogP contribution in [0.25, 0.3) is 4.96 Å². The quantitative estimate of drug-likeness (QED) is 0.796. The molecule has 0 bridgehead atoms. The molecule has 0 saturated heterocycles. The molecule has 1 aromatic carbocycles. The summed E-state index contributed by atoms with van der Waals surface area (Å²) in [5.74, 6) is 0.122. The number of benzene rings is 1. The third-order valence-corrected chi connectivity index (χ3v) is 3.96. The average molecular weight is 312 g/mol. The van der Waals surface area contributed by atoms with Gasteiger partial charge in [0.25, 0.3) is 0 Å². The van der Waals surface area contributed by atoms with Crippen LogP contribution in [0.5, 0.6) is 5.88 Å². The van der Waals surface area contributed by atoms with Crippen molar-refractivity contribution in [3.8, 4) is 5.88 Å². The molecule has 2 heterocycles. The second kappa shape index (κ2) is 5.30. The van der Waals surface area contributed by atoms with E-state index in [2.05, 4.69) is 10.3 Å². The van der Waals surface area contributed by atoms with Gasteiger partial charge in [0.1, 0.15) is 11.5 Å². The summed E-state index contributed by atoms with van der Waals surface area (Å²) < 4.78 is 20.6. The fraction of sp³-hybridized carbons (Fsp3) is 0.154. The van der Waals surface area contributed by atoms with Crippen molar-refractivity contribution < 1.29 is 9.13 Å². The normalized spacial score (nSPS) is 10.9. The molecule has 3 aromatic rings. The first kappa shape index (κ1) is 13.2. The molecule has 0 aliphatic heterocycles. The molecule has 0 spiro atoms. The predicted octanol–water partition coefficient (Wildman–Crippen LogP) is 3.81. The summed E-state index contributed by atoms with van der Waals surface area (Å²) >= 11 is 7.19. The lowest BCUT2D eigenvalue weighted by atomic mass is 10.3. The van der Waals surface area contributed by atoms with Crippen LogP contribution in [0, 0.1) is 5.82 Å². The molecule has 0 aliphatic rings. The van der Waals surface area contributed by atoms with Gasteiger partial charge in [0, 0.05) is 17.3 Å². The number of halogens is 2. The molecular weight excluding hydrogens is 301 g/mol. The molecule has 7 heteroatoms. The van der Waals surface area contributed by atoms with Crippen molar-refractivity contribution in [1.82, 2.24) is 9.38 Å². The molecule has 1 N–H and O–H groups in total. The number of fused-ring (bicyclic) bond motifs is 1. The summed E-state index contributed by atoms with van der Waals surface area (Å²) in [6.07, 6.45) is 1.93. The third kappa shape index (κ3) is 2.32. The maximum atomic E-state index is 13.4. The SMILES string of the molecule is COc1nc2sccn2c1CNc1ccc(Cl)c(F)c1. The van der Waals surface area contributed by atoms with E-state index in [4.69, 9.17) is 16.3 Å². The Labute approximate surface area is 123 Å². The van der Waals surface area contributed by atoms with Crippen LogP contribution in [0.4, 0.5) is 10.1 Å². The van der Waals surface area contributed by atoms with Gasteiger partial charge in [-0.3, -0.25) is 4.40 Å². The molecule has 0 radical (unpaired) electrons. The number of anilines is 1. The monoisotopic (exact) mass is 311 g/mol. The Bertz CT molecular complexity index is 755. The van der Waals surface area contributed by atoms with Crippen LogP contribution in [0.15, 0.2) is 29.8 Å². The summed E-state index contributed by atoms with van der Waals surface area (Å²) in [6.45, 7) is 0.474. The summed E-state index contributed by atoms with van der Waals surface area (Å²) in [4.78, 5) is 5.22. The molecule has 20 heavy (non-hydrogen) atoms. The highest BCUT2D eigenvalue weighted by Gasteiger charge is 2.13. The van der Waals surface area contributed by atoms with Crippen molar-refractivity contribution in [1.29, 1.82) is 0 Å². The number of methoxy groups -OCH3 is 1. The van der Waals surface area contributed by atoms with E-state index in [0.717, 1.165) is 10.7 Å². The minimum absolute atomic E-state index is 0.109. The number of thiazole rings is 1. The average Bonchev–Trinajstić information content (AvgIpc) is 3.00. The fourth-order valence-corrected chi connectivity index (χ4v) is 2.77. The van der Waals surface area contributed by atoms with Gasteiger partial charge in [-0.15, -0.1) is 11.3 Å². The van der Waals surface area contributed by atoms with Crippen LogP contribution in [-0.2, 0) is 6.54 Å². The molecule has 0 unspecified atom stereocenters. The highest BCUT2D eigenvalue weighted by atomic mass is 35.5. The van der Waals surface area contributed by atoms with Crippen molar-refractivity contribution >= 4 is 33.6 Å². The lowest BCUT2D eigenvalue weighted by Gasteiger charge is -2.07. The van der Waals surface area contributed by atoms with E-state index >= 15 is 0 Å². The number of hydrogen-bond donors (Lipinski definition) is 1. The van der Waals surface area contributed by atoms with Gasteiger partial charge in [0.2, 0.25) is 5.88 Å². The van der Waals surface area contributed by atoms with Crippen molar-refractivity contribution in [3.05, 3.63) is 46.3 Å². The van der Waals surface area contributed by atoms with Crippen molar-refractivity contribution in [2.45, 2.75) is 6.54 Å². The molecule has 0 saturated carbocycles. The van der Waals surface area contributed by atoms with E-state index in [0.29, 0.717) is 18.1 Å². The zero-order valence-corrected chi connectivity index (χ0v) is 12.1. The lowest BCUT2D eigenvalue weighted by Crippen LogP contribution is -2.04. The maximum Gasteiger partial charge on any atom is 0.238 e. The van der Waals surface area contributed by atoms with Gasteiger partial charge in [-0.05, 0) is 18.2 Å². The Morgan fingerprint density at radius 1 is 1.50 bits per heavy atom. The number of imidazole rings is 1. The van der Waals surface area contributed by atoms with Crippen LogP contribution in [-0.4, -0.2) is 16.5 Å². The van der Waals surface area contributed by atoms with E-state index in [1.54, 1.807) is 13.2 Å². The minimum atomic E-state index is -0.447. The Morgan fingerprint density at radius 3 is 3.10 bits per heavy atom. The molecule has 0 aliphatic carbocycles. The maximum absolute atomic E-state index is 13.4. The van der Waals surface area contributed by atoms with Gasteiger partial charge >= 0.3 is 0 Å². The Kier molecular flexibility index (Phi) is 3.50. The highest BCUT2D eigenvalue weighted by molar-refractivity contribution is 7.15. The van der Waals surface area contributed by atoms with E-state index in [-0.39, 0.29) is 5.02 Å². The number of nitrogens with zero attached hydrogens (tertiary/aromatic N) is 2. The van der Waals surface area contributed by atoms with Crippen molar-refractivity contribution in [2.24, 2.45) is 0 Å². The number of nitrogens with one attached hydrogen (secondary N) is 1. The molecule has 0 amide bonds. The number of rotatable bonds is 4. The fourth-order valence-electron chi connectivity index (χ4n) is 1.93. The van der Waals surface area contributed by atoms with Gasteiger partial charge in [0.05, 0.1) is 18.7 Å². The third-order valence-electron chi connectivity index (χ3n) is 2.90. The smallest absolute Gasteiger partial charge is 0.238 e. The molecule has 2 aromatic heterocycles. The lowest BCUT2D eigenvalue weighted by molar-refractivity contribution is 0.395. The Balaban J connectivity index is 1.85. The predicted molar refractivity (Wildman–Crippen MR) is 78.4 cm³/mol. The number of ether oxygens (including phenoxy) is 1. The minimum Gasteiger partial charge on any atom is -0.480 e. The van der Waals surface area contributed by atoms with Crippen LogP contribution in [0.2, 0.25) is 5.02 Å². The number of hydrogen-bond acceptors (Lipinski definition) is 4. The zero-order chi connectivity index (χ0) is 14.1. The highest BCUT2D eigenvalue weighted by Crippen LogP contribution is 2.25. The van der Waals surface area contributed by atoms with Crippen LogP contribution in [0.3, 0.4) is 0 Å². The van der Waals surface area contributed by atoms with Crippen LogP contribution < -0.4 is 10.1 Å². The van der Waals surface area contributed by atoms with Crippen molar-refractivity contribution in [3.63, 3.8) is 0 Å². The molecular formula is C13H11ClFN3OS. The Hall–Kier alpha value is -1.79. The summed E-state index contributed by atoms with van der Waals surface area (Å²) in [7, 11) is 1.58. The standard InChI is InChI=1S/C13H11ClFN3OS/c1-19-12-11(18-4-5-20-13(18)17-12)7-16-8-2-3-9(14)10(15)6-8/h2-6,16H,7H2,1H3. The molecule has 0 atom stereocenters. The van der Waals surface area contributed by atoms with Crippen LogP contribution in [0.1, 0.15) is 5.69 Å². The van der Waals surface area contributed by atoms with Crippen molar-refractivity contribution in [2.75, 3.05) is 12.4 Å². The first-order valence-corrected chi connectivity index (χ1v) is 7.12. The second-order valence-electron chi connectivity index (χ2n) is 4.11. The Morgan fingerprint density at radius 2 is 2.35 bits per heavy atom. The van der Waals surface area contributed by atoms with E-state index in [1.807, 2.05) is 16.0 Å². The molecule has 4 nitrogen and oxygen atoms in total. The topological polar surface area (TPSA) is 38.6 Å².